The van der Waals surface area contributed by atoms with Crippen LogP contribution in [0, 0.1) is 13.8 Å². The number of rotatable bonds is 1. The Hall–Kier alpha value is -0.280. The summed E-state index contributed by atoms with van der Waals surface area (Å²) < 4.78 is 6.90. The standard InChI is InChI=1S/C11H16BrNO/c1-7-10(12)8(2)14-11(7)9-5-3-4-6-13-9/h9,13H,3-6H2,1-2H3. The minimum Gasteiger partial charge on any atom is -0.463 e. The summed E-state index contributed by atoms with van der Waals surface area (Å²) in [6.07, 6.45) is 3.78. The molecule has 14 heavy (non-hydrogen) atoms. The molecule has 0 radical (unpaired) electrons. The second-order valence-corrected chi connectivity index (χ2v) is 4.76. The van der Waals surface area contributed by atoms with E-state index in [1.165, 1.54) is 24.8 Å². The van der Waals surface area contributed by atoms with Gasteiger partial charge in [-0.2, -0.15) is 0 Å². The van der Waals surface area contributed by atoms with Crippen LogP contribution in [-0.4, -0.2) is 6.54 Å². The summed E-state index contributed by atoms with van der Waals surface area (Å²) in [6, 6.07) is 0.425. The van der Waals surface area contributed by atoms with Crippen molar-refractivity contribution in [2.24, 2.45) is 0 Å². The van der Waals surface area contributed by atoms with E-state index in [9.17, 15) is 0 Å². The number of aryl methyl sites for hydroxylation is 1. The molecule has 0 aliphatic carbocycles. The summed E-state index contributed by atoms with van der Waals surface area (Å²) in [4.78, 5) is 0. The third-order valence-corrected chi connectivity index (χ3v) is 4.05. The van der Waals surface area contributed by atoms with E-state index in [1.54, 1.807) is 0 Å². The molecule has 3 heteroatoms. The Morgan fingerprint density at radius 3 is 2.64 bits per heavy atom. The number of nitrogens with one attached hydrogen (secondary N) is 1. The molecule has 0 saturated carbocycles. The van der Waals surface area contributed by atoms with Gasteiger partial charge in [-0.1, -0.05) is 6.42 Å². The van der Waals surface area contributed by atoms with Crippen LogP contribution in [-0.2, 0) is 0 Å². The maximum absolute atomic E-state index is 5.78. The van der Waals surface area contributed by atoms with Gasteiger partial charge in [0, 0.05) is 5.56 Å². The molecule has 78 valence electrons. The zero-order chi connectivity index (χ0) is 10.1. The maximum Gasteiger partial charge on any atom is 0.125 e. The van der Waals surface area contributed by atoms with E-state index in [0.717, 1.165) is 22.5 Å². The van der Waals surface area contributed by atoms with Crippen LogP contribution in [0.3, 0.4) is 0 Å². The highest BCUT2D eigenvalue weighted by molar-refractivity contribution is 9.10. The van der Waals surface area contributed by atoms with Crippen molar-refractivity contribution in [3.05, 3.63) is 21.6 Å². The van der Waals surface area contributed by atoms with E-state index in [0.29, 0.717) is 6.04 Å². The topological polar surface area (TPSA) is 25.2 Å². The molecule has 0 amide bonds. The lowest BCUT2D eigenvalue weighted by atomic mass is 10.0. The average Bonchev–Trinajstić information content (AvgIpc) is 2.47. The van der Waals surface area contributed by atoms with Gasteiger partial charge in [0.05, 0.1) is 10.5 Å². The zero-order valence-electron chi connectivity index (χ0n) is 8.69. The Bertz CT molecular complexity index is 326. The maximum atomic E-state index is 5.78. The minimum absolute atomic E-state index is 0.425. The molecule has 2 nitrogen and oxygen atoms in total. The number of hydrogen-bond acceptors (Lipinski definition) is 2. The Morgan fingerprint density at radius 1 is 1.36 bits per heavy atom. The first-order chi connectivity index (χ1) is 6.70. The van der Waals surface area contributed by atoms with Crippen LogP contribution >= 0.6 is 15.9 Å². The van der Waals surface area contributed by atoms with E-state index >= 15 is 0 Å². The molecule has 1 saturated heterocycles. The van der Waals surface area contributed by atoms with Gasteiger partial charge < -0.3 is 9.73 Å². The third-order valence-electron chi connectivity index (χ3n) is 2.90. The Kier molecular flexibility index (Phi) is 2.98. The predicted molar refractivity (Wildman–Crippen MR) is 60.5 cm³/mol. The fraction of sp³-hybridized carbons (Fsp3) is 0.636. The summed E-state index contributed by atoms with van der Waals surface area (Å²) in [6.45, 7) is 5.23. The molecule has 1 unspecified atom stereocenters. The SMILES string of the molecule is Cc1oc(C2CCCCN2)c(C)c1Br. The van der Waals surface area contributed by atoms with Crippen LogP contribution in [0.1, 0.15) is 42.4 Å². The largest absolute Gasteiger partial charge is 0.463 e. The summed E-state index contributed by atoms with van der Waals surface area (Å²) in [5.74, 6) is 2.11. The van der Waals surface area contributed by atoms with Crippen LogP contribution < -0.4 is 5.32 Å². The lowest BCUT2D eigenvalue weighted by molar-refractivity contribution is 0.341. The fourth-order valence-electron chi connectivity index (χ4n) is 2.07. The number of halogens is 1. The highest BCUT2D eigenvalue weighted by Gasteiger charge is 2.22. The summed E-state index contributed by atoms with van der Waals surface area (Å²) in [5.41, 5.74) is 1.25. The van der Waals surface area contributed by atoms with Crippen molar-refractivity contribution >= 4 is 15.9 Å². The van der Waals surface area contributed by atoms with Gasteiger partial charge in [-0.05, 0) is 49.2 Å². The van der Waals surface area contributed by atoms with E-state index in [2.05, 4.69) is 28.2 Å². The molecule has 2 heterocycles. The molecule has 1 fully saturated rings. The highest BCUT2D eigenvalue weighted by atomic mass is 79.9. The van der Waals surface area contributed by atoms with Crippen LogP contribution in [0.25, 0.3) is 0 Å². The van der Waals surface area contributed by atoms with E-state index in [1.807, 2.05) is 6.92 Å². The van der Waals surface area contributed by atoms with Gasteiger partial charge in [-0.25, -0.2) is 0 Å². The molecule has 0 spiro atoms. The third kappa shape index (κ3) is 1.75. The molecular formula is C11H16BrNO. The van der Waals surface area contributed by atoms with E-state index < -0.39 is 0 Å². The molecule has 2 rings (SSSR count). The van der Waals surface area contributed by atoms with Crippen molar-refractivity contribution in [1.29, 1.82) is 0 Å². The first-order valence-electron chi connectivity index (χ1n) is 5.19. The van der Waals surface area contributed by atoms with Gasteiger partial charge in [-0.15, -0.1) is 0 Å². The number of hydrogen-bond donors (Lipinski definition) is 1. The molecule has 1 aromatic rings. The molecule has 0 aromatic carbocycles. The Labute approximate surface area is 93.2 Å². The average molecular weight is 258 g/mol. The summed E-state index contributed by atoms with van der Waals surface area (Å²) in [5, 5.41) is 3.50. The first-order valence-corrected chi connectivity index (χ1v) is 5.98. The van der Waals surface area contributed by atoms with Gasteiger partial charge in [0.2, 0.25) is 0 Å². The molecular weight excluding hydrogens is 242 g/mol. The van der Waals surface area contributed by atoms with Gasteiger partial charge in [-0.3, -0.25) is 0 Å². The number of furan rings is 1. The molecule has 1 aliphatic heterocycles. The van der Waals surface area contributed by atoms with Gasteiger partial charge >= 0.3 is 0 Å². The normalized spacial score (nSPS) is 22.6. The van der Waals surface area contributed by atoms with Crippen molar-refractivity contribution < 1.29 is 4.42 Å². The second kappa shape index (κ2) is 4.07. The van der Waals surface area contributed by atoms with Crippen LogP contribution in [0.4, 0.5) is 0 Å². The lowest BCUT2D eigenvalue weighted by Gasteiger charge is -2.22. The van der Waals surface area contributed by atoms with Crippen molar-refractivity contribution in [3.63, 3.8) is 0 Å². The van der Waals surface area contributed by atoms with Gasteiger partial charge in [0.15, 0.2) is 0 Å². The number of piperidine rings is 1. The van der Waals surface area contributed by atoms with Crippen molar-refractivity contribution in [2.45, 2.75) is 39.2 Å². The predicted octanol–water partition coefficient (Wildman–Crippen LogP) is 3.47. The molecule has 1 N–H and O–H groups in total. The summed E-state index contributed by atoms with van der Waals surface area (Å²) >= 11 is 3.55. The van der Waals surface area contributed by atoms with Crippen LogP contribution in [0.15, 0.2) is 8.89 Å². The van der Waals surface area contributed by atoms with Crippen molar-refractivity contribution in [2.75, 3.05) is 6.54 Å². The van der Waals surface area contributed by atoms with Crippen LogP contribution in [0.5, 0.6) is 0 Å². The smallest absolute Gasteiger partial charge is 0.125 e. The van der Waals surface area contributed by atoms with E-state index in [4.69, 9.17) is 4.42 Å². The lowest BCUT2D eigenvalue weighted by Crippen LogP contribution is -2.26. The Balaban J connectivity index is 2.26. The zero-order valence-corrected chi connectivity index (χ0v) is 10.3. The quantitative estimate of drug-likeness (QED) is 0.834. The van der Waals surface area contributed by atoms with Crippen molar-refractivity contribution in [3.8, 4) is 0 Å². The van der Waals surface area contributed by atoms with E-state index in [-0.39, 0.29) is 0 Å². The highest BCUT2D eigenvalue weighted by Crippen LogP contribution is 2.33. The molecule has 1 atom stereocenters. The molecule has 1 aliphatic rings. The van der Waals surface area contributed by atoms with Crippen LogP contribution in [0.2, 0.25) is 0 Å². The first kappa shape index (κ1) is 10.2. The second-order valence-electron chi connectivity index (χ2n) is 3.96. The fourth-order valence-corrected chi connectivity index (χ4v) is 2.34. The van der Waals surface area contributed by atoms with Gasteiger partial charge in [0.25, 0.3) is 0 Å². The Morgan fingerprint density at radius 2 is 2.14 bits per heavy atom. The van der Waals surface area contributed by atoms with Gasteiger partial charge in [0.1, 0.15) is 11.5 Å². The van der Waals surface area contributed by atoms with Crippen molar-refractivity contribution in [1.82, 2.24) is 5.32 Å². The summed E-state index contributed by atoms with van der Waals surface area (Å²) in [7, 11) is 0. The molecule has 0 bridgehead atoms. The monoisotopic (exact) mass is 257 g/mol. The molecule has 1 aromatic heterocycles. The minimum atomic E-state index is 0.425.